The van der Waals surface area contributed by atoms with Crippen LogP contribution in [0.2, 0.25) is 0 Å². The monoisotopic (exact) mass is 243 g/mol. The molecule has 1 rings (SSSR count). The second-order valence-electron chi connectivity index (χ2n) is 4.29. The first-order valence-electron chi connectivity index (χ1n) is 5.54. The van der Waals surface area contributed by atoms with E-state index in [0.29, 0.717) is 6.61 Å². The van der Waals surface area contributed by atoms with Crippen molar-refractivity contribution < 1.29 is 4.74 Å². The minimum atomic E-state index is -0.307. The van der Waals surface area contributed by atoms with Gasteiger partial charge in [-0.2, -0.15) is 0 Å². The predicted octanol–water partition coefficient (Wildman–Crippen LogP) is 3.26. The molecule has 0 amide bonds. The SMILES string of the molecule is CCOc1cccc(C(C)(C)N)c1CC.Cl. The quantitative estimate of drug-likeness (QED) is 0.881. The molecule has 0 aliphatic rings. The highest BCUT2D eigenvalue weighted by Gasteiger charge is 2.19. The van der Waals surface area contributed by atoms with Crippen molar-refractivity contribution in [2.75, 3.05) is 6.61 Å². The molecule has 0 radical (unpaired) electrons. The molecule has 0 heterocycles. The van der Waals surface area contributed by atoms with Gasteiger partial charge in [0.25, 0.3) is 0 Å². The molecule has 1 aromatic rings. The van der Waals surface area contributed by atoms with E-state index in [1.165, 1.54) is 11.1 Å². The smallest absolute Gasteiger partial charge is 0.122 e. The number of hydrogen-bond acceptors (Lipinski definition) is 2. The molecule has 1 aromatic carbocycles. The number of rotatable bonds is 4. The molecule has 16 heavy (non-hydrogen) atoms. The molecule has 0 aromatic heterocycles. The Kier molecular flexibility index (Phi) is 5.84. The van der Waals surface area contributed by atoms with Gasteiger partial charge < -0.3 is 10.5 Å². The van der Waals surface area contributed by atoms with Crippen LogP contribution in [0.1, 0.15) is 38.8 Å². The van der Waals surface area contributed by atoms with Crippen molar-refractivity contribution in [1.82, 2.24) is 0 Å². The number of nitrogens with two attached hydrogens (primary N) is 1. The average Bonchev–Trinajstić information content (AvgIpc) is 2.16. The van der Waals surface area contributed by atoms with Crippen LogP contribution in [0, 0.1) is 0 Å². The Morgan fingerprint density at radius 2 is 1.88 bits per heavy atom. The Hall–Kier alpha value is -0.730. The highest BCUT2D eigenvalue weighted by molar-refractivity contribution is 5.85. The molecule has 0 bridgehead atoms. The van der Waals surface area contributed by atoms with Gasteiger partial charge in [-0.15, -0.1) is 12.4 Å². The number of benzene rings is 1. The molecule has 92 valence electrons. The molecule has 0 atom stereocenters. The van der Waals surface area contributed by atoms with E-state index >= 15 is 0 Å². The fourth-order valence-corrected chi connectivity index (χ4v) is 1.82. The van der Waals surface area contributed by atoms with Gasteiger partial charge in [-0.1, -0.05) is 19.1 Å². The van der Waals surface area contributed by atoms with E-state index < -0.39 is 0 Å². The standard InChI is InChI=1S/C13H21NO.ClH/c1-5-10-11(13(3,4)14)8-7-9-12(10)15-6-2;/h7-9H,5-6,14H2,1-4H3;1H. The van der Waals surface area contributed by atoms with Gasteiger partial charge in [0.15, 0.2) is 0 Å². The molecule has 2 N–H and O–H groups in total. The maximum Gasteiger partial charge on any atom is 0.122 e. The summed E-state index contributed by atoms with van der Waals surface area (Å²) in [5.74, 6) is 0.969. The van der Waals surface area contributed by atoms with Gasteiger partial charge in [-0.25, -0.2) is 0 Å². The maximum absolute atomic E-state index is 6.14. The lowest BCUT2D eigenvalue weighted by Crippen LogP contribution is -2.30. The van der Waals surface area contributed by atoms with Crippen LogP contribution in [-0.2, 0) is 12.0 Å². The fraction of sp³-hybridized carbons (Fsp3) is 0.538. The highest BCUT2D eigenvalue weighted by Crippen LogP contribution is 2.29. The van der Waals surface area contributed by atoms with Gasteiger partial charge in [0.05, 0.1) is 6.61 Å². The first-order chi connectivity index (χ1) is 7.00. The molecule has 0 aliphatic heterocycles. The van der Waals surface area contributed by atoms with Crippen molar-refractivity contribution in [1.29, 1.82) is 0 Å². The third kappa shape index (κ3) is 3.39. The zero-order valence-electron chi connectivity index (χ0n) is 10.5. The normalized spacial score (nSPS) is 10.8. The molecule has 0 saturated heterocycles. The van der Waals surface area contributed by atoms with Gasteiger partial charge >= 0.3 is 0 Å². The maximum atomic E-state index is 6.14. The first-order valence-corrected chi connectivity index (χ1v) is 5.54. The highest BCUT2D eigenvalue weighted by atomic mass is 35.5. The van der Waals surface area contributed by atoms with Crippen LogP contribution < -0.4 is 10.5 Å². The summed E-state index contributed by atoms with van der Waals surface area (Å²) in [6.45, 7) is 8.88. The van der Waals surface area contributed by atoms with Crippen LogP contribution in [0.3, 0.4) is 0 Å². The lowest BCUT2D eigenvalue weighted by molar-refractivity contribution is 0.335. The van der Waals surface area contributed by atoms with Crippen molar-refractivity contribution in [3.8, 4) is 5.75 Å². The summed E-state index contributed by atoms with van der Waals surface area (Å²) in [5, 5.41) is 0. The van der Waals surface area contributed by atoms with Crippen LogP contribution >= 0.6 is 12.4 Å². The Bertz CT molecular complexity index is 331. The third-order valence-corrected chi connectivity index (χ3v) is 2.48. The second kappa shape index (κ2) is 6.12. The molecule has 0 spiro atoms. The number of halogens is 1. The minimum Gasteiger partial charge on any atom is -0.494 e. The van der Waals surface area contributed by atoms with Crippen molar-refractivity contribution >= 4 is 12.4 Å². The van der Waals surface area contributed by atoms with Gasteiger partial charge in [-0.05, 0) is 44.4 Å². The van der Waals surface area contributed by atoms with Crippen molar-refractivity contribution in [3.63, 3.8) is 0 Å². The topological polar surface area (TPSA) is 35.2 Å². The molecular weight excluding hydrogens is 222 g/mol. The first kappa shape index (κ1) is 15.3. The molecule has 0 aliphatic carbocycles. The molecule has 0 fully saturated rings. The van der Waals surface area contributed by atoms with E-state index in [1.807, 2.05) is 32.9 Å². The van der Waals surface area contributed by atoms with E-state index in [0.717, 1.165) is 12.2 Å². The van der Waals surface area contributed by atoms with Gasteiger partial charge in [-0.3, -0.25) is 0 Å². The van der Waals surface area contributed by atoms with Crippen LogP contribution in [0.5, 0.6) is 5.75 Å². The summed E-state index contributed by atoms with van der Waals surface area (Å²) in [7, 11) is 0. The molecular formula is C13H22ClNO. The van der Waals surface area contributed by atoms with E-state index in [2.05, 4.69) is 13.0 Å². The predicted molar refractivity (Wildman–Crippen MR) is 71.5 cm³/mol. The Morgan fingerprint density at radius 1 is 1.25 bits per heavy atom. The van der Waals surface area contributed by atoms with Crippen molar-refractivity contribution in [2.24, 2.45) is 5.73 Å². The van der Waals surface area contributed by atoms with Crippen LogP contribution in [0.15, 0.2) is 18.2 Å². The molecule has 0 unspecified atom stereocenters. The molecule has 2 nitrogen and oxygen atoms in total. The number of ether oxygens (including phenoxy) is 1. The zero-order valence-corrected chi connectivity index (χ0v) is 11.4. The van der Waals surface area contributed by atoms with Gasteiger partial charge in [0.2, 0.25) is 0 Å². The average molecular weight is 244 g/mol. The number of hydrogen-bond donors (Lipinski definition) is 1. The van der Waals surface area contributed by atoms with Crippen LogP contribution in [0.25, 0.3) is 0 Å². The van der Waals surface area contributed by atoms with Gasteiger partial charge in [0.1, 0.15) is 5.75 Å². The lowest BCUT2D eigenvalue weighted by atomic mass is 9.89. The van der Waals surface area contributed by atoms with Crippen molar-refractivity contribution in [3.05, 3.63) is 29.3 Å². The van der Waals surface area contributed by atoms with E-state index in [4.69, 9.17) is 10.5 Å². The summed E-state index contributed by atoms with van der Waals surface area (Å²) < 4.78 is 5.61. The zero-order chi connectivity index (χ0) is 11.5. The van der Waals surface area contributed by atoms with E-state index in [-0.39, 0.29) is 17.9 Å². The van der Waals surface area contributed by atoms with Crippen LogP contribution in [-0.4, -0.2) is 6.61 Å². The Balaban J connectivity index is 0.00000225. The summed E-state index contributed by atoms with van der Waals surface area (Å²) in [5.41, 5.74) is 8.24. The molecule has 3 heteroatoms. The lowest BCUT2D eigenvalue weighted by Gasteiger charge is -2.24. The second-order valence-corrected chi connectivity index (χ2v) is 4.29. The minimum absolute atomic E-state index is 0. The fourth-order valence-electron chi connectivity index (χ4n) is 1.82. The van der Waals surface area contributed by atoms with E-state index in [1.54, 1.807) is 0 Å². The summed E-state index contributed by atoms with van der Waals surface area (Å²) in [6, 6.07) is 6.10. The Labute approximate surface area is 105 Å². The summed E-state index contributed by atoms with van der Waals surface area (Å²) in [6.07, 6.45) is 0.951. The summed E-state index contributed by atoms with van der Waals surface area (Å²) >= 11 is 0. The van der Waals surface area contributed by atoms with Crippen LogP contribution in [0.4, 0.5) is 0 Å². The molecule has 0 saturated carbocycles. The summed E-state index contributed by atoms with van der Waals surface area (Å²) in [4.78, 5) is 0. The largest absolute Gasteiger partial charge is 0.494 e. The Morgan fingerprint density at radius 3 is 2.31 bits per heavy atom. The van der Waals surface area contributed by atoms with Crippen molar-refractivity contribution in [2.45, 2.75) is 39.7 Å². The van der Waals surface area contributed by atoms with Gasteiger partial charge in [0, 0.05) is 5.54 Å². The third-order valence-electron chi connectivity index (χ3n) is 2.48. The van der Waals surface area contributed by atoms with E-state index in [9.17, 15) is 0 Å².